The fourth-order valence-corrected chi connectivity index (χ4v) is 1.50. The number of aliphatic hydroxyl groups is 1. The summed E-state index contributed by atoms with van der Waals surface area (Å²) in [6.07, 6.45) is -0.755. The van der Waals surface area contributed by atoms with Gasteiger partial charge >= 0.3 is 6.03 Å². The Kier molecular flexibility index (Phi) is 1.88. The van der Waals surface area contributed by atoms with Gasteiger partial charge in [0.15, 0.2) is 6.23 Å². The van der Waals surface area contributed by atoms with Crippen molar-refractivity contribution in [3.8, 4) is 0 Å². The summed E-state index contributed by atoms with van der Waals surface area (Å²) in [5.74, 6) is 0. The molecule has 0 aromatic carbocycles. The highest BCUT2D eigenvalue weighted by molar-refractivity contribution is 9.07. The Labute approximate surface area is 74.1 Å². The molecule has 0 bridgehead atoms. The lowest BCUT2D eigenvalue weighted by atomic mass is 10.1. The molecule has 1 unspecified atom stereocenters. The molecule has 0 saturated carbocycles. The molecule has 4 nitrogen and oxygen atoms in total. The highest BCUT2D eigenvalue weighted by Crippen LogP contribution is 2.32. The van der Waals surface area contributed by atoms with Gasteiger partial charge in [-0.1, -0.05) is 0 Å². The zero-order valence-electron chi connectivity index (χ0n) is 6.71. The first-order valence-electron chi connectivity index (χ1n) is 3.30. The molecule has 64 valence electrons. The molecular weight excluding hydrogens is 212 g/mol. The van der Waals surface area contributed by atoms with Crippen LogP contribution in [0.5, 0.6) is 0 Å². The number of halogens is 1. The quantitative estimate of drug-likeness (QED) is 0.616. The van der Waals surface area contributed by atoms with Crippen molar-refractivity contribution in [1.29, 1.82) is 0 Å². The lowest BCUT2D eigenvalue weighted by Gasteiger charge is -2.26. The number of rotatable bonds is 0. The molecule has 0 aromatic heterocycles. The van der Waals surface area contributed by atoms with E-state index >= 15 is 0 Å². The number of amides is 2. The molecular formula is C6H11BrN2O2. The van der Waals surface area contributed by atoms with Crippen LogP contribution in [0.4, 0.5) is 4.79 Å². The van der Waals surface area contributed by atoms with Crippen LogP contribution >= 0.6 is 16.1 Å². The number of hydrogen-bond donors (Lipinski definition) is 1. The highest BCUT2D eigenvalue weighted by atomic mass is 79.9. The predicted molar refractivity (Wildman–Crippen MR) is 44.0 cm³/mol. The average molecular weight is 223 g/mol. The monoisotopic (exact) mass is 222 g/mol. The molecule has 1 saturated heterocycles. The minimum atomic E-state index is -0.755. The van der Waals surface area contributed by atoms with Gasteiger partial charge in [0.05, 0.1) is 21.7 Å². The van der Waals surface area contributed by atoms with Crippen LogP contribution in [0.1, 0.15) is 13.8 Å². The maximum Gasteiger partial charge on any atom is 0.332 e. The summed E-state index contributed by atoms with van der Waals surface area (Å²) in [7, 11) is 1.57. The third-order valence-corrected chi connectivity index (χ3v) is 3.19. The van der Waals surface area contributed by atoms with E-state index < -0.39 is 11.8 Å². The van der Waals surface area contributed by atoms with Gasteiger partial charge in [-0.25, -0.2) is 4.79 Å². The standard InChI is InChI=1S/C6H11BrN2O2/c1-6(2)4(10)8(3)5(11)9(6)7/h4,10H,1-3H3. The van der Waals surface area contributed by atoms with Gasteiger partial charge in [-0.2, -0.15) is 0 Å². The second-order valence-corrected chi connectivity index (χ2v) is 3.91. The number of aliphatic hydroxyl groups excluding tert-OH is 1. The van der Waals surface area contributed by atoms with E-state index in [9.17, 15) is 9.90 Å². The van der Waals surface area contributed by atoms with Crippen molar-refractivity contribution >= 4 is 22.2 Å². The lowest BCUT2D eigenvalue weighted by Crippen LogP contribution is -2.42. The minimum absolute atomic E-state index is 0.220. The van der Waals surface area contributed by atoms with Gasteiger partial charge in [-0.15, -0.1) is 0 Å². The van der Waals surface area contributed by atoms with Crippen LogP contribution < -0.4 is 0 Å². The molecule has 1 fully saturated rings. The topological polar surface area (TPSA) is 43.8 Å². The normalized spacial score (nSPS) is 29.9. The molecule has 2 amide bonds. The Balaban J connectivity index is 2.96. The third kappa shape index (κ3) is 1.03. The fourth-order valence-electron chi connectivity index (χ4n) is 1.06. The Morgan fingerprint density at radius 2 is 2.09 bits per heavy atom. The molecule has 1 rings (SSSR count). The van der Waals surface area contributed by atoms with Crippen molar-refractivity contribution in [2.24, 2.45) is 0 Å². The van der Waals surface area contributed by atoms with Gasteiger partial charge in [0.2, 0.25) is 0 Å². The smallest absolute Gasteiger partial charge is 0.332 e. The van der Waals surface area contributed by atoms with Gasteiger partial charge in [0, 0.05) is 7.05 Å². The minimum Gasteiger partial charge on any atom is -0.371 e. The van der Waals surface area contributed by atoms with Crippen LogP contribution in [0.25, 0.3) is 0 Å². The SMILES string of the molecule is CN1C(=O)N(Br)C(C)(C)C1O. The van der Waals surface area contributed by atoms with E-state index in [1.165, 1.54) is 8.83 Å². The zero-order valence-corrected chi connectivity index (χ0v) is 8.29. The maximum atomic E-state index is 11.2. The summed E-state index contributed by atoms with van der Waals surface area (Å²) in [4.78, 5) is 12.5. The Hall–Kier alpha value is -0.290. The molecule has 1 aliphatic rings. The molecule has 0 radical (unpaired) electrons. The fraction of sp³-hybridized carbons (Fsp3) is 0.833. The van der Waals surface area contributed by atoms with Gasteiger partial charge < -0.3 is 5.11 Å². The van der Waals surface area contributed by atoms with Crippen molar-refractivity contribution in [1.82, 2.24) is 8.83 Å². The van der Waals surface area contributed by atoms with Gasteiger partial charge in [0.1, 0.15) is 0 Å². The molecule has 1 heterocycles. The molecule has 5 heteroatoms. The maximum absolute atomic E-state index is 11.2. The Bertz CT molecular complexity index is 195. The summed E-state index contributed by atoms with van der Waals surface area (Å²) in [5.41, 5.74) is -0.564. The van der Waals surface area contributed by atoms with E-state index in [2.05, 4.69) is 16.1 Å². The van der Waals surface area contributed by atoms with Crippen molar-refractivity contribution < 1.29 is 9.90 Å². The molecule has 0 aliphatic carbocycles. The first kappa shape index (κ1) is 8.80. The second-order valence-electron chi connectivity index (χ2n) is 3.20. The van der Waals surface area contributed by atoms with E-state index in [1.54, 1.807) is 20.9 Å². The van der Waals surface area contributed by atoms with Crippen molar-refractivity contribution in [3.63, 3.8) is 0 Å². The largest absolute Gasteiger partial charge is 0.371 e. The number of urea groups is 1. The summed E-state index contributed by atoms with van der Waals surface area (Å²) < 4.78 is 1.35. The lowest BCUT2D eigenvalue weighted by molar-refractivity contribution is 0.0191. The van der Waals surface area contributed by atoms with Crippen molar-refractivity contribution in [3.05, 3.63) is 0 Å². The van der Waals surface area contributed by atoms with Crippen LogP contribution in [0.15, 0.2) is 0 Å². The number of carbonyl (C=O) groups excluding carboxylic acids is 1. The van der Waals surface area contributed by atoms with Crippen LogP contribution in [-0.2, 0) is 0 Å². The first-order valence-corrected chi connectivity index (χ1v) is 4.01. The molecule has 1 N–H and O–H groups in total. The number of likely N-dealkylation sites (N-methyl/N-ethyl adjacent to an activating group) is 1. The Morgan fingerprint density at radius 1 is 1.64 bits per heavy atom. The van der Waals surface area contributed by atoms with Crippen LogP contribution in [0, 0.1) is 0 Å². The van der Waals surface area contributed by atoms with E-state index in [-0.39, 0.29) is 6.03 Å². The summed E-state index contributed by atoms with van der Waals surface area (Å²) >= 11 is 3.09. The third-order valence-electron chi connectivity index (χ3n) is 1.97. The zero-order chi connectivity index (χ0) is 8.81. The number of nitrogens with zero attached hydrogens (tertiary/aromatic N) is 2. The molecule has 1 atom stereocenters. The second kappa shape index (κ2) is 2.35. The van der Waals surface area contributed by atoms with E-state index in [1.807, 2.05) is 0 Å². The van der Waals surface area contributed by atoms with E-state index in [0.717, 1.165) is 0 Å². The van der Waals surface area contributed by atoms with Gasteiger partial charge in [-0.05, 0) is 13.8 Å². The van der Waals surface area contributed by atoms with Crippen molar-refractivity contribution in [2.75, 3.05) is 7.05 Å². The average Bonchev–Trinajstić information content (AvgIpc) is 2.06. The van der Waals surface area contributed by atoms with E-state index in [4.69, 9.17) is 0 Å². The molecule has 1 aliphatic heterocycles. The summed E-state index contributed by atoms with van der Waals surface area (Å²) in [6, 6.07) is -0.220. The number of hydrogen-bond acceptors (Lipinski definition) is 2. The van der Waals surface area contributed by atoms with Crippen LogP contribution in [0.2, 0.25) is 0 Å². The predicted octanol–water partition coefficient (Wildman–Crippen LogP) is 0.761. The molecule has 11 heavy (non-hydrogen) atoms. The van der Waals surface area contributed by atoms with Gasteiger partial charge in [0.25, 0.3) is 0 Å². The number of carbonyl (C=O) groups is 1. The van der Waals surface area contributed by atoms with Gasteiger partial charge in [-0.3, -0.25) is 8.83 Å². The molecule has 0 aromatic rings. The van der Waals surface area contributed by atoms with E-state index in [0.29, 0.717) is 0 Å². The van der Waals surface area contributed by atoms with Crippen molar-refractivity contribution in [2.45, 2.75) is 25.6 Å². The summed E-state index contributed by atoms with van der Waals surface area (Å²) in [6.45, 7) is 3.57. The highest BCUT2D eigenvalue weighted by Gasteiger charge is 2.48. The Morgan fingerprint density at radius 3 is 2.18 bits per heavy atom. The van der Waals surface area contributed by atoms with Crippen LogP contribution in [0.3, 0.4) is 0 Å². The van der Waals surface area contributed by atoms with Crippen LogP contribution in [-0.4, -0.2) is 38.8 Å². The first-order chi connectivity index (χ1) is 4.89. The molecule has 0 spiro atoms. The summed E-state index contributed by atoms with van der Waals surface area (Å²) in [5, 5.41) is 9.50.